The summed E-state index contributed by atoms with van der Waals surface area (Å²) in [4.78, 5) is 12.7. The molecule has 1 N–H and O–H groups in total. The van der Waals surface area contributed by atoms with Crippen LogP contribution in [0.3, 0.4) is 0 Å². The van der Waals surface area contributed by atoms with Gasteiger partial charge in [0.05, 0.1) is 20.2 Å². The van der Waals surface area contributed by atoms with Crippen LogP contribution in [0.2, 0.25) is 0 Å². The predicted molar refractivity (Wildman–Crippen MR) is 97.6 cm³/mol. The van der Waals surface area contributed by atoms with Gasteiger partial charge in [-0.05, 0) is 12.0 Å². The van der Waals surface area contributed by atoms with Crippen LogP contribution in [0.1, 0.15) is 44.1 Å². The average Bonchev–Trinajstić information content (AvgIpc) is 3.40. The molecule has 0 aromatic heterocycles. The van der Waals surface area contributed by atoms with Gasteiger partial charge in [-0.15, -0.1) is 0 Å². The maximum atomic E-state index is 12.7. The van der Waals surface area contributed by atoms with Crippen molar-refractivity contribution < 1.29 is 40.8 Å². The summed E-state index contributed by atoms with van der Waals surface area (Å²) in [6, 6.07) is 10.3. The summed E-state index contributed by atoms with van der Waals surface area (Å²) in [6.07, 6.45) is 4.83. The number of ether oxygens (including phenoxy) is 2. The molecule has 6 heteroatoms. The molecular weight excluding hydrogens is 410 g/mol. The number of morpholine rings is 1. The molecule has 0 radical (unpaired) electrons. The molecular formula is C21H30BrNO4. The molecule has 150 valence electrons. The van der Waals surface area contributed by atoms with Gasteiger partial charge in [-0.2, -0.15) is 0 Å². The zero-order valence-corrected chi connectivity index (χ0v) is 17.7. The lowest BCUT2D eigenvalue weighted by atomic mass is 9.94. The fourth-order valence-corrected chi connectivity index (χ4v) is 5.23. The van der Waals surface area contributed by atoms with E-state index in [1.54, 1.807) is 0 Å². The van der Waals surface area contributed by atoms with Gasteiger partial charge in [-0.1, -0.05) is 43.7 Å². The van der Waals surface area contributed by atoms with Crippen molar-refractivity contribution in [3.05, 3.63) is 35.9 Å². The van der Waals surface area contributed by atoms with E-state index in [4.69, 9.17) is 9.47 Å². The summed E-state index contributed by atoms with van der Waals surface area (Å²) >= 11 is 0. The molecule has 0 saturated carbocycles. The van der Waals surface area contributed by atoms with Crippen LogP contribution in [0.5, 0.6) is 0 Å². The number of piperidine rings is 1. The van der Waals surface area contributed by atoms with Crippen molar-refractivity contribution in [1.82, 2.24) is 0 Å². The number of quaternary nitrogens is 1. The number of likely N-dealkylation sites (N-methyl/N-ethyl adjacent to an activating group) is 1. The van der Waals surface area contributed by atoms with Crippen LogP contribution in [-0.4, -0.2) is 66.2 Å². The molecule has 1 aromatic rings. The van der Waals surface area contributed by atoms with Gasteiger partial charge in [0.1, 0.15) is 36.3 Å². The van der Waals surface area contributed by atoms with E-state index in [0.29, 0.717) is 24.3 Å². The Morgan fingerprint density at radius 2 is 1.89 bits per heavy atom. The fraction of sp³-hybridized carbons (Fsp3) is 0.667. The van der Waals surface area contributed by atoms with Crippen LogP contribution in [0.15, 0.2) is 30.3 Å². The summed E-state index contributed by atoms with van der Waals surface area (Å²) in [5, 5.41) is 9.70. The summed E-state index contributed by atoms with van der Waals surface area (Å²) in [5.74, 6) is -0.898. The number of unbranched alkanes of at least 4 members (excludes halogenated alkanes) is 1. The Bertz CT molecular complexity index is 637. The summed E-state index contributed by atoms with van der Waals surface area (Å²) in [7, 11) is 2.36. The van der Waals surface area contributed by atoms with Gasteiger partial charge in [0.15, 0.2) is 0 Å². The lowest BCUT2D eigenvalue weighted by Gasteiger charge is -2.48. The lowest BCUT2D eigenvalue weighted by Crippen LogP contribution is -3.00. The van der Waals surface area contributed by atoms with E-state index in [2.05, 4.69) is 14.0 Å². The van der Waals surface area contributed by atoms with Crippen molar-refractivity contribution in [2.24, 2.45) is 0 Å². The van der Waals surface area contributed by atoms with Crippen molar-refractivity contribution in [2.45, 2.75) is 68.9 Å². The molecule has 3 heterocycles. The van der Waals surface area contributed by atoms with Gasteiger partial charge < -0.3 is 36.0 Å². The van der Waals surface area contributed by atoms with Crippen molar-refractivity contribution in [3.63, 3.8) is 0 Å². The van der Waals surface area contributed by atoms with Crippen molar-refractivity contribution in [3.8, 4) is 0 Å². The minimum absolute atomic E-state index is 0. The second kappa shape index (κ2) is 8.19. The number of aliphatic hydroxyl groups is 1. The van der Waals surface area contributed by atoms with E-state index in [-0.39, 0.29) is 35.7 Å². The first-order valence-electron chi connectivity index (χ1n) is 9.95. The maximum absolute atomic E-state index is 12.7. The highest BCUT2D eigenvalue weighted by molar-refractivity contribution is 5.78. The number of aliphatic hydroxyl groups excluding tert-OH is 1. The average molecular weight is 440 g/mol. The van der Waals surface area contributed by atoms with Crippen molar-refractivity contribution in [2.75, 3.05) is 20.2 Å². The summed E-state index contributed by atoms with van der Waals surface area (Å²) in [6.45, 7) is 3.20. The number of esters is 1. The quantitative estimate of drug-likeness (QED) is 0.344. The molecule has 27 heavy (non-hydrogen) atoms. The highest BCUT2D eigenvalue weighted by Gasteiger charge is 2.71. The SMILES string of the molecule is CCCC[N+]1(C)[C@@H]2CC(OC(=O)C(CO)c3ccccc3)C[C@@H]1[C@H]1O[C@@H]12.[Br-]. The molecule has 0 spiro atoms. The molecule has 2 bridgehead atoms. The van der Waals surface area contributed by atoms with Crippen LogP contribution in [0.25, 0.3) is 0 Å². The monoisotopic (exact) mass is 439 g/mol. The third kappa shape index (κ3) is 3.69. The van der Waals surface area contributed by atoms with Gasteiger partial charge in [-0.3, -0.25) is 4.79 Å². The maximum Gasteiger partial charge on any atom is 0.316 e. The van der Waals surface area contributed by atoms with Gasteiger partial charge in [0.2, 0.25) is 0 Å². The predicted octanol–water partition coefficient (Wildman–Crippen LogP) is -0.763. The van der Waals surface area contributed by atoms with E-state index < -0.39 is 5.92 Å². The number of fused-ring (bicyclic) bond motifs is 5. The lowest BCUT2D eigenvalue weighted by molar-refractivity contribution is -0.956. The van der Waals surface area contributed by atoms with Crippen LogP contribution in [-0.2, 0) is 14.3 Å². The van der Waals surface area contributed by atoms with Crippen LogP contribution in [0, 0.1) is 0 Å². The van der Waals surface area contributed by atoms with Gasteiger partial charge in [-0.25, -0.2) is 0 Å². The second-order valence-electron chi connectivity index (χ2n) is 8.30. The molecule has 4 rings (SSSR count). The number of epoxide rings is 1. The Labute approximate surface area is 172 Å². The number of carbonyl (C=O) groups is 1. The highest BCUT2D eigenvalue weighted by atomic mass is 79.9. The second-order valence-corrected chi connectivity index (χ2v) is 8.30. The number of rotatable bonds is 7. The van der Waals surface area contributed by atoms with Gasteiger partial charge in [0, 0.05) is 12.8 Å². The van der Waals surface area contributed by atoms with E-state index in [1.165, 1.54) is 19.4 Å². The number of nitrogens with zero attached hydrogens (tertiary/aromatic N) is 1. The third-order valence-electron chi connectivity index (χ3n) is 6.79. The molecule has 0 aliphatic carbocycles. The van der Waals surface area contributed by atoms with Crippen LogP contribution < -0.4 is 17.0 Å². The van der Waals surface area contributed by atoms with E-state index in [1.807, 2.05) is 30.3 Å². The Morgan fingerprint density at radius 1 is 1.26 bits per heavy atom. The molecule has 5 nitrogen and oxygen atoms in total. The highest BCUT2D eigenvalue weighted by Crippen LogP contribution is 2.52. The molecule has 1 aromatic carbocycles. The van der Waals surface area contributed by atoms with Crippen LogP contribution >= 0.6 is 0 Å². The minimum atomic E-state index is -0.595. The number of carbonyl (C=O) groups excluding carboxylic acids is 1. The minimum Gasteiger partial charge on any atom is -1.00 e. The first kappa shape index (κ1) is 20.8. The molecule has 3 fully saturated rings. The fourth-order valence-electron chi connectivity index (χ4n) is 5.23. The Hall–Kier alpha value is -0.950. The number of hydrogen-bond acceptors (Lipinski definition) is 4. The first-order chi connectivity index (χ1) is 12.6. The molecule has 5 atom stereocenters. The molecule has 0 amide bonds. The number of halogens is 1. The Balaban J connectivity index is 0.00000210. The van der Waals surface area contributed by atoms with Crippen molar-refractivity contribution >= 4 is 5.97 Å². The van der Waals surface area contributed by atoms with E-state index in [9.17, 15) is 9.90 Å². The van der Waals surface area contributed by atoms with Crippen molar-refractivity contribution in [1.29, 1.82) is 0 Å². The van der Waals surface area contributed by atoms with E-state index >= 15 is 0 Å². The van der Waals surface area contributed by atoms with Gasteiger partial charge in [0.25, 0.3) is 0 Å². The zero-order valence-electron chi connectivity index (χ0n) is 16.1. The first-order valence-corrected chi connectivity index (χ1v) is 9.95. The standard InChI is InChI=1S/C21H30NO4.BrH/c1-3-4-10-22(2)17-11-15(12-18(22)20-19(17)26-20)25-21(24)16(13-23)14-8-6-5-7-9-14;/h5-9,15-20,23H,3-4,10-13H2,1-2H3;1H/q+1;/p-1/t15?,16?,17-,18-,19-,20-,22?;/m1./s1. The number of hydrogen-bond donors (Lipinski definition) is 1. The molecule has 3 aliphatic heterocycles. The molecule has 1 unspecified atom stereocenters. The molecule has 3 saturated heterocycles. The van der Waals surface area contributed by atoms with E-state index in [0.717, 1.165) is 22.9 Å². The largest absolute Gasteiger partial charge is 1.00 e. The number of benzene rings is 1. The smallest absolute Gasteiger partial charge is 0.316 e. The molecule has 3 aliphatic rings. The van der Waals surface area contributed by atoms with Crippen LogP contribution in [0.4, 0.5) is 0 Å². The Morgan fingerprint density at radius 3 is 2.44 bits per heavy atom. The topological polar surface area (TPSA) is 59.1 Å². The normalized spacial score (nSPS) is 37.1. The third-order valence-corrected chi connectivity index (χ3v) is 6.79. The summed E-state index contributed by atoms with van der Waals surface area (Å²) < 4.78 is 12.9. The zero-order chi connectivity index (χ0) is 18.3. The Kier molecular flexibility index (Phi) is 6.31. The van der Waals surface area contributed by atoms with Gasteiger partial charge >= 0.3 is 5.97 Å². The summed E-state index contributed by atoms with van der Waals surface area (Å²) in [5.41, 5.74) is 0.813.